The van der Waals surface area contributed by atoms with Crippen LogP contribution in [-0.4, -0.2) is 29.1 Å². The molecule has 3 heterocycles. The molecule has 0 saturated carbocycles. The molecule has 10 aromatic rings. The van der Waals surface area contributed by atoms with Crippen LogP contribution >= 0.6 is 0 Å². The van der Waals surface area contributed by atoms with Crippen LogP contribution in [-0.2, 0) is 0 Å². The Morgan fingerprint density at radius 2 is 1.06 bits per heavy atom. The van der Waals surface area contributed by atoms with Gasteiger partial charge in [0, 0.05) is 33.2 Å². The van der Waals surface area contributed by atoms with E-state index in [-0.39, 0.29) is 33.2 Å². The Labute approximate surface area is 323 Å². The van der Waals surface area contributed by atoms with Gasteiger partial charge in [0.25, 0.3) is 0 Å². The van der Waals surface area contributed by atoms with Crippen LogP contribution in [0.15, 0.2) is 182 Å². The molecule has 0 radical (unpaired) electrons. The van der Waals surface area contributed by atoms with Crippen LogP contribution in [0.3, 0.4) is 0 Å². The van der Waals surface area contributed by atoms with Crippen molar-refractivity contribution < 1.29 is 23.3 Å². The molecule has 7 aromatic carbocycles. The molecule has 3 aromatic heterocycles. The lowest BCUT2D eigenvalue weighted by atomic mass is 10.0. The van der Waals surface area contributed by atoms with E-state index in [1.165, 1.54) is 0 Å². The Morgan fingerprint density at radius 1 is 0.423 bits per heavy atom. The fourth-order valence-corrected chi connectivity index (χ4v) is 6.13. The first-order valence-corrected chi connectivity index (χ1v) is 15.9. The van der Waals surface area contributed by atoms with E-state index in [0.717, 1.165) is 15.6 Å². The number of nitrogens with zero attached hydrogens (tertiary/aromatic N) is 6. The predicted molar refractivity (Wildman–Crippen MR) is 211 cm³/mol. The minimum absolute atomic E-state index is 0.205. The van der Waals surface area contributed by atoms with Crippen molar-refractivity contribution in [2.24, 2.45) is 0 Å². The molecule has 0 fully saturated rings. The second kappa shape index (κ2) is 12.3. The van der Waals surface area contributed by atoms with Crippen LogP contribution in [0.5, 0.6) is 0 Å². The average Bonchev–Trinajstić information content (AvgIpc) is 3.93. The van der Waals surface area contributed by atoms with E-state index in [9.17, 15) is 2.74 Å². The number of benzene rings is 7. The molecule has 0 aliphatic rings. The Morgan fingerprint density at radius 3 is 1.85 bits per heavy atom. The minimum atomic E-state index is -0.825. The molecule has 6 heteroatoms. The first-order chi connectivity index (χ1) is 32.8. The van der Waals surface area contributed by atoms with Gasteiger partial charge in [-0.25, -0.2) is 9.97 Å². The number of imidazole rings is 1. The normalized spacial score (nSPS) is 16.0. The van der Waals surface area contributed by atoms with Gasteiger partial charge < -0.3 is 0 Å². The highest BCUT2D eigenvalue weighted by Crippen LogP contribution is 2.34. The van der Waals surface area contributed by atoms with Crippen molar-refractivity contribution in [2.45, 2.75) is 0 Å². The maximum Gasteiger partial charge on any atom is 0.238 e. The molecule has 0 atom stereocenters. The maximum atomic E-state index is 9.53. The lowest BCUT2D eigenvalue weighted by Gasteiger charge is -2.13. The lowest BCUT2D eigenvalue weighted by Crippen LogP contribution is -2.06. The largest absolute Gasteiger partial charge is 0.292 e. The highest BCUT2D eigenvalue weighted by molar-refractivity contribution is 6.09. The van der Waals surface area contributed by atoms with Crippen LogP contribution in [0, 0.1) is 0 Å². The molecule has 244 valence electrons. The molecular formula is C46H30N6. The third-order valence-electron chi connectivity index (χ3n) is 8.41. The Balaban J connectivity index is 1.35. The van der Waals surface area contributed by atoms with Crippen LogP contribution < -0.4 is 0 Å². The van der Waals surface area contributed by atoms with Gasteiger partial charge in [-0.1, -0.05) is 139 Å². The summed E-state index contributed by atoms with van der Waals surface area (Å²) in [5.41, 5.74) is 0.552. The Hall–Kier alpha value is -7.18. The number of aromatic nitrogens is 6. The van der Waals surface area contributed by atoms with Gasteiger partial charge in [-0.05, 0) is 53.5 Å². The number of hydrogen-bond acceptors (Lipinski definition) is 4. The summed E-state index contributed by atoms with van der Waals surface area (Å²) >= 11 is 0. The van der Waals surface area contributed by atoms with Gasteiger partial charge in [-0.2, -0.15) is 9.97 Å². The van der Waals surface area contributed by atoms with Gasteiger partial charge in [-0.15, -0.1) is 0 Å². The third kappa shape index (κ3) is 5.05. The zero-order valence-corrected chi connectivity index (χ0v) is 26.7. The van der Waals surface area contributed by atoms with Crippen molar-refractivity contribution in [3.05, 3.63) is 182 Å². The van der Waals surface area contributed by atoms with E-state index in [2.05, 4.69) is 4.98 Å². The molecule has 0 bridgehead atoms. The van der Waals surface area contributed by atoms with Gasteiger partial charge in [0.15, 0.2) is 11.6 Å². The third-order valence-corrected chi connectivity index (χ3v) is 8.41. The number of hydrogen-bond donors (Lipinski definition) is 0. The molecule has 0 amide bonds. The SMILES string of the molecule is [2H]c1c([2H])c([2H])c(-c2c([2H])c([2H])c([2H])c(-c3nc(-c4cccc(-n5c(-c6ccccc6)nc6ccccc65)c4)nc(-n4c5c([2H])c([2H])c([2H])c([2H])c5c5c([2H])c([2H])c([2H])c([2H])c54)n3)c2[2H])c([2H])c1[2H]. The van der Waals surface area contributed by atoms with Crippen LogP contribution in [0.4, 0.5) is 0 Å². The summed E-state index contributed by atoms with van der Waals surface area (Å²) in [5, 5.41) is -0.571. The summed E-state index contributed by atoms with van der Waals surface area (Å²) in [7, 11) is 0. The summed E-state index contributed by atoms with van der Waals surface area (Å²) in [4.78, 5) is 19.1. The highest BCUT2D eigenvalue weighted by atomic mass is 15.2. The molecule has 0 aliphatic heterocycles. The first-order valence-electron chi connectivity index (χ1n) is 24.4. The van der Waals surface area contributed by atoms with Crippen LogP contribution in [0.25, 0.3) is 89.8 Å². The highest BCUT2D eigenvalue weighted by Gasteiger charge is 2.19. The second-order valence-electron chi connectivity index (χ2n) is 11.5. The molecule has 52 heavy (non-hydrogen) atoms. The number of fused-ring (bicyclic) bond motifs is 4. The quantitative estimate of drug-likeness (QED) is 0.175. The molecule has 6 nitrogen and oxygen atoms in total. The average molecular weight is 684 g/mol. The summed E-state index contributed by atoms with van der Waals surface area (Å²) in [6, 6.07) is 11.3. The lowest BCUT2D eigenvalue weighted by molar-refractivity contribution is 0.953. The van der Waals surface area contributed by atoms with E-state index in [1.807, 2.05) is 65.2 Å². The van der Waals surface area contributed by atoms with Crippen molar-refractivity contribution in [1.29, 1.82) is 0 Å². The molecule has 0 saturated heterocycles. The monoisotopic (exact) mass is 683 g/mol. The van der Waals surface area contributed by atoms with E-state index in [4.69, 9.17) is 35.5 Å². The smallest absolute Gasteiger partial charge is 0.238 e. The summed E-state index contributed by atoms with van der Waals surface area (Å²) in [5.74, 6) is -0.690. The summed E-state index contributed by atoms with van der Waals surface area (Å²) in [6.07, 6.45) is 0. The second-order valence-corrected chi connectivity index (χ2v) is 11.5. The van der Waals surface area contributed by atoms with Gasteiger partial charge in [-0.3, -0.25) is 9.13 Å². The van der Waals surface area contributed by atoms with E-state index in [1.54, 1.807) is 18.2 Å². The topological polar surface area (TPSA) is 61.4 Å². The van der Waals surface area contributed by atoms with Gasteiger partial charge in [0.05, 0.1) is 45.4 Å². The van der Waals surface area contributed by atoms with Crippen molar-refractivity contribution in [3.8, 4) is 56.9 Å². The molecule has 0 aliphatic carbocycles. The molecular weight excluding hydrogens is 637 g/mol. The van der Waals surface area contributed by atoms with E-state index < -0.39 is 131 Å². The summed E-state index contributed by atoms with van der Waals surface area (Å²) in [6.45, 7) is 0. The minimum Gasteiger partial charge on any atom is -0.292 e. The number of para-hydroxylation sites is 4. The Bertz CT molecular complexity index is 3780. The van der Waals surface area contributed by atoms with Crippen molar-refractivity contribution in [2.75, 3.05) is 0 Å². The van der Waals surface area contributed by atoms with Crippen LogP contribution in [0.1, 0.15) is 23.3 Å². The van der Waals surface area contributed by atoms with Crippen LogP contribution in [0.2, 0.25) is 0 Å². The number of rotatable bonds is 6. The van der Waals surface area contributed by atoms with Gasteiger partial charge in [0.2, 0.25) is 5.95 Å². The first kappa shape index (κ1) is 17.2. The maximum absolute atomic E-state index is 9.53. The zero-order chi connectivity index (χ0) is 49.2. The zero-order valence-electron chi connectivity index (χ0n) is 43.7. The van der Waals surface area contributed by atoms with Gasteiger partial charge in [0.1, 0.15) is 5.82 Å². The van der Waals surface area contributed by atoms with E-state index >= 15 is 0 Å². The van der Waals surface area contributed by atoms with Crippen molar-refractivity contribution in [1.82, 2.24) is 29.1 Å². The summed E-state index contributed by atoms with van der Waals surface area (Å²) < 4.78 is 152. The Kier molecular flexibility index (Phi) is 4.06. The molecule has 0 N–H and O–H groups in total. The molecule has 0 spiro atoms. The fourth-order valence-electron chi connectivity index (χ4n) is 6.13. The van der Waals surface area contributed by atoms with Crippen molar-refractivity contribution in [3.63, 3.8) is 0 Å². The molecule has 10 rings (SSSR count). The predicted octanol–water partition coefficient (Wildman–Crippen LogP) is 11.0. The fraction of sp³-hybridized carbons (Fsp3) is 0. The van der Waals surface area contributed by atoms with E-state index in [0.29, 0.717) is 17.0 Å². The standard InChI is InChI=1S/C46H30N6/c1-3-15-31(16-4-1)33-19-13-20-34(29-33)43-48-44(50-46(49-43)52-40-26-10-7-23-37(40)38-24-8-11-27-41(38)52)35-21-14-22-36(30-35)51-42-28-12-9-25-39(42)47-45(51)32-17-5-2-6-18-32/h1-30H/i1D,3D,4D,7D,8D,10D,11D,13D,15D,16D,19D,20D,23D,24D,26D,27D,29D. The molecule has 0 unspecified atom stereocenters. The van der Waals surface area contributed by atoms with Crippen molar-refractivity contribution >= 4 is 32.8 Å². The van der Waals surface area contributed by atoms with Gasteiger partial charge >= 0.3 is 0 Å².